The summed E-state index contributed by atoms with van der Waals surface area (Å²) in [6, 6.07) is 6.03. The lowest BCUT2D eigenvalue weighted by molar-refractivity contribution is -0.139. The highest BCUT2D eigenvalue weighted by atomic mass is 16.6. The van der Waals surface area contributed by atoms with E-state index in [4.69, 9.17) is 4.74 Å². The number of esters is 1. The summed E-state index contributed by atoms with van der Waals surface area (Å²) in [5.41, 5.74) is 0.639. The third-order valence-electron chi connectivity index (χ3n) is 2.24. The number of carbonyl (C=O) groups excluding carboxylic acids is 2. The number of nitrogens with one attached hydrogen (secondary N) is 1. The van der Waals surface area contributed by atoms with Gasteiger partial charge in [0.2, 0.25) is 0 Å². The van der Waals surface area contributed by atoms with E-state index in [1.165, 1.54) is 19.2 Å². The van der Waals surface area contributed by atoms with Gasteiger partial charge in [0.25, 0.3) is 0 Å². The van der Waals surface area contributed by atoms with E-state index in [0.29, 0.717) is 0 Å². The number of carbonyl (C=O) groups is 2. The number of methoxy groups -OCH3 is 1. The number of nitrogens with zero attached hydrogens (tertiary/aromatic N) is 1. The summed E-state index contributed by atoms with van der Waals surface area (Å²) in [4.78, 5) is 25.7. The Bertz CT molecular complexity index is 441. The maximum Gasteiger partial charge on any atom is 0.408 e. The van der Waals surface area contributed by atoms with Crippen LogP contribution in [0, 0.1) is 0 Å². The molecule has 1 aromatic rings. The molecule has 0 spiro atoms. The molecule has 1 aromatic heterocycles. The molecule has 22 heavy (non-hydrogen) atoms. The van der Waals surface area contributed by atoms with Crippen LogP contribution in [0.15, 0.2) is 24.4 Å². The fraction of sp³-hybridized carbons (Fsp3) is 0.562. The van der Waals surface area contributed by atoms with Gasteiger partial charge in [0.15, 0.2) is 0 Å². The Morgan fingerprint density at radius 3 is 2.41 bits per heavy atom. The van der Waals surface area contributed by atoms with Crippen molar-refractivity contribution in [3.8, 4) is 0 Å². The van der Waals surface area contributed by atoms with Gasteiger partial charge in [-0.2, -0.15) is 0 Å². The van der Waals surface area contributed by atoms with Crippen LogP contribution < -0.4 is 5.32 Å². The van der Waals surface area contributed by atoms with Gasteiger partial charge in [-0.3, -0.25) is 9.78 Å². The molecule has 0 aliphatic rings. The molecule has 1 heterocycles. The van der Waals surface area contributed by atoms with Crippen molar-refractivity contribution >= 4 is 12.1 Å². The molecule has 0 bridgehead atoms. The lowest BCUT2D eigenvalue weighted by atomic mass is 10.2. The Morgan fingerprint density at radius 1 is 1.27 bits per heavy atom. The number of aryl methyl sites for hydroxylation is 1. The first-order chi connectivity index (χ1) is 10.3. The Balaban J connectivity index is 0.000000425. The van der Waals surface area contributed by atoms with Crippen molar-refractivity contribution in [2.45, 2.75) is 46.1 Å². The molecule has 6 heteroatoms. The van der Waals surface area contributed by atoms with Crippen molar-refractivity contribution in [2.75, 3.05) is 13.7 Å². The Morgan fingerprint density at radius 2 is 1.95 bits per heavy atom. The summed E-state index contributed by atoms with van der Waals surface area (Å²) in [6.07, 6.45) is 3.49. The van der Waals surface area contributed by atoms with Gasteiger partial charge >= 0.3 is 12.1 Å². The van der Waals surface area contributed by atoms with Gasteiger partial charge in [-0.05, 0) is 39.3 Å². The summed E-state index contributed by atoms with van der Waals surface area (Å²) >= 11 is 0. The van der Waals surface area contributed by atoms with E-state index in [1.54, 1.807) is 20.8 Å². The molecule has 0 aromatic carbocycles. The van der Waals surface area contributed by atoms with E-state index in [2.05, 4.69) is 28.0 Å². The van der Waals surface area contributed by atoms with Crippen molar-refractivity contribution in [2.24, 2.45) is 0 Å². The Labute approximate surface area is 132 Å². The highest BCUT2D eigenvalue weighted by Crippen LogP contribution is 2.06. The molecule has 0 saturated carbocycles. The van der Waals surface area contributed by atoms with Crippen LogP contribution in [0.2, 0.25) is 0 Å². The SMILES string of the molecule is CCCc1ccccn1.COC(=O)CNC(=O)OC(C)(C)C. The maximum atomic E-state index is 10.9. The zero-order valence-electron chi connectivity index (χ0n) is 14.0. The molecule has 1 amide bonds. The summed E-state index contributed by atoms with van der Waals surface area (Å²) < 4.78 is 9.20. The largest absolute Gasteiger partial charge is 0.468 e. The molecule has 0 fully saturated rings. The van der Waals surface area contributed by atoms with Crippen LogP contribution in [0.1, 0.15) is 39.8 Å². The second kappa shape index (κ2) is 10.6. The third-order valence-corrected chi connectivity index (χ3v) is 2.24. The molecule has 0 unspecified atom stereocenters. The molecule has 0 aliphatic carbocycles. The standard InChI is InChI=1S/C8H15NO4.C8H11N/c1-8(2,3)13-7(11)9-5-6(10)12-4;1-2-5-8-6-3-4-7-9-8/h5H2,1-4H3,(H,9,11);3-4,6-7H,2,5H2,1H3. The lowest BCUT2D eigenvalue weighted by Crippen LogP contribution is -2.35. The molecule has 6 nitrogen and oxygen atoms in total. The number of alkyl carbamates (subject to hydrolysis) is 1. The van der Waals surface area contributed by atoms with Crippen molar-refractivity contribution in [3.05, 3.63) is 30.1 Å². The number of hydrogen-bond acceptors (Lipinski definition) is 5. The second-order valence-corrected chi connectivity index (χ2v) is 5.50. The molecule has 0 radical (unpaired) electrons. The van der Waals surface area contributed by atoms with Crippen molar-refractivity contribution in [1.29, 1.82) is 0 Å². The van der Waals surface area contributed by atoms with Gasteiger partial charge in [-0.1, -0.05) is 19.4 Å². The van der Waals surface area contributed by atoms with E-state index in [1.807, 2.05) is 18.3 Å². The second-order valence-electron chi connectivity index (χ2n) is 5.50. The monoisotopic (exact) mass is 310 g/mol. The number of pyridine rings is 1. The molecular weight excluding hydrogens is 284 g/mol. The Hall–Kier alpha value is -2.11. The molecule has 124 valence electrons. The number of rotatable bonds is 4. The predicted molar refractivity (Wildman–Crippen MR) is 84.5 cm³/mol. The topological polar surface area (TPSA) is 77.5 Å². The summed E-state index contributed by atoms with van der Waals surface area (Å²) in [5, 5.41) is 2.25. The third kappa shape index (κ3) is 11.7. The molecule has 0 saturated heterocycles. The fourth-order valence-electron chi connectivity index (χ4n) is 1.33. The van der Waals surface area contributed by atoms with Crippen LogP contribution in [-0.2, 0) is 20.7 Å². The van der Waals surface area contributed by atoms with E-state index in [-0.39, 0.29) is 6.54 Å². The van der Waals surface area contributed by atoms with Gasteiger partial charge in [0.1, 0.15) is 12.1 Å². The summed E-state index contributed by atoms with van der Waals surface area (Å²) in [7, 11) is 1.25. The fourth-order valence-corrected chi connectivity index (χ4v) is 1.33. The summed E-state index contributed by atoms with van der Waals surface area (Å²) in [6.45, 7) is 7.21. The maximum absolute atomic E-state index is 10.9. The van der Waals surface area contributed by atoms with Crippen LogP contribution in [0.5, 0.6) is 0 Å². The van der Waals surface area contributed by atoms with Crippen molar-refractivity contribution < 1.29 is 19.1 Å². The average molecular weight is 310 g/mol. The quantitative estimate of drug-likeness (QED) is 0.865. The minimum Gasteiger partial charge on any atom is -0.468 e. The van der Waals surface area contributed by atoms with Crippen LogP contribution >= 0.6 is 0 Å². The van der Waals surface area contributed by atoms with Gasteiger partial charge in [0, 0.05) is 11.9 Å². The van der Waals surface area contributed by atoms with Gasteiger partial charge in [-0.15, -0.1) is 0 Å². The molecule has 0 aliphatic heterocycles. The first-order valence-corrected chi connectivity index (χ1v) is 7.22. The van der Waals surface area contributed by atoms with E-state index < -0.39 is 17.7 Å². The van der Waals surface area contributed by atoms with Crippen LogP contribution in [-0.4, -0.2) is 36.3 Å². The first kappa shape index (κ1) is 19.9. The summed E-state index contributed by atoms with van der Waals surface area (Å²) in [5.74, 6) is -0.508. The van der Waals surface area contributed by atoms with E-state index >= 15 is 0 Å². The lowest BCUT2D eigenvalue weighted by Gasteiger charge is -2.19. The van der Waals surface area contributed by atoms with Gasteiger partial charge in [-0.25, -0.2) is 4.79 Å². The van der Waals surface area contributed by atoms with Crippen LogP contribution in [0.4, 0.5) is 4.79 Å². The number of aromatic nitrogens is 1. The minimum atomic E-state index is -0.627. The smallest absolute Gasteiger partial charge is 0.408 e. The molecular formula is C16H26N2O4. The molecule has 1 N–H and O–H groups in total. The minimum absolute atomic E-state index is 0.175. The average Bonchev–Trinajstić information content (AvgIpc) is 2.45. The van der Waals surface area contributed by atoms with Gasteiger partial charge < -0.3 is 14.8 Å². The van der Waals surface area contributed by atoms with Crippen molar-refractivity contribution in [3.63, 3.8) is 0 Å². The highest BCUT2D eigenvalue weighted by molar-refractivity contribution is 5.77. The Kier molecular flexibility index (Phi) is 9.58. The van der Waals surface area contributed by atoms with Crippen molar-refractivity contribution in [1.82, 2.24) is 10.3 Å². The number of ether oxygens (including phenoxy) is 2. The first-order valence-electron chi connectivity index (χ1n) is 7.22. The number of amides is 1. The van der Waals surface area contributed by atoms with Crippen LogP contribution in [0.3, 0.4) is 0 Å². The molecule has 0 atom stereocenters. The van der Waals surface area contributed by atoms with Gasteiger partial charge in [0.05, 0.1) is 7.11 Å². The van der Waals surface area contributed by atoms with E-state index in [9.17, 15) is 9.59 Å². The predicted octanol–water partition coefficient (Wildman–Crippen LogP) is 2.72. The highest BCUT2D eigenvalue weighted by Gasteiger charge is 2.16. The zero-order valence-corrected chi connectivity index (χ0v) is 14.0. The van der Waals surface area contributed by atoms with E-state index in [0.717, 1.165) is 6.42 Å². The molecule has 1 rings (SSSR count). The normalized spacial score (nSPS) is 10.0. The zero-order chi connectivity index (χ0) is 17.0. The van der Waals surface area contributed by atoms with Crippen LogP contribution in [0.25, 0.3) is 0 Å². The number of hydrogen-bond donors (Lipinski definition) is 1.